The van der Waals surface area contributed by atoms with Crippen LogP contribution in [0.2, 0.25) is 0 Å². The molecule has 1 aliphatic rings. The minimum Gasteiger partial charge on any atom is -0.497 e. The summed E-state index contributed by atoms with van der Waals surface area (Å²) in [6.45, 7) is 0.454. The van der Waals surface area contributed by atoms with Crippen molar-refractivity contribution in [3.8, 4) is 11.5 Å². The van der Waals surface area contributed by atoms with Crippen molar-refractivity contribution in [2.45, 2.75) is 37.5 Å². The van der Waals surface area contributed by atoms with Gasteiger partial charge in [0.05, 0.1) is 7.11 Å². The number of hydrogen-bond acceptors (Lipinski definition) is 4. The van der Waals surface area contributed by atoms with Gasteiger partial charge in [-0.1, -0.05) is 43.5 Å². The van der Waals surface area contributed by atoms with Crippen LogP contribution < -0.4 is 20.5 Å². The van der Waals surface area contributed by atoms with Crippen molar-refractivity contribution >= 4 is 17.9 Å². The molecule has 2 amide bonds. The Labute approximate surface area is 183 Å². The number of nitrogens with two attached hydrogens (primary N) is 1. The van der Waals surface area contributed by atoms with Gasteiger partial charge in [-0.05, 0) is 54.3 Å². The molecule has 1 saturated carbocycles. The highest BCUT2D eigenvalue weighted by Crippen LogP contribution is 2.39. The number of carbonyl (C=O) groups excluding carboxylic acids is 2. The molecular formula is C25H30N2O4. The first-order valence-corrected chi connectivity index (χ1v) is 10.6. The molecule has 3 rings (SSSR count). The number of benzene rings is 2. The van der Waals surface area contributed by atoms with Gasteiger partial charge in [0.2, 0.25) is 5.91 Å². The van der Waals surface area contributed by atoms with E-state index in [0.29, 0.717) is 12.3 Å². The van der Waals surface area contributed by atoms with Crippen LogP contribution in [0, 0.1) is 0 Å². The van der Waals surface area contributed by atoms with Gasteiger partial charge in [0.15, 0.2) is 6.61 Å². The zero-order valence-corrected chi connectivity index (χ0v) is 17.9. The molecule has 0 unspecified atom stereocenters. The fraction of sp³-hybridized carbons (Fsp3) is 0.360. The number of primary amides is 1. The fourth-order valence-corrected chi connectivity index (χ4v) is 4.06. The molecule has 164 valence electrons. The highest BCUT2D eigenvalue weighted by molar-refractivity contribution is 5.91. The lowest BCUT2D eigenvalue weighted by Gasteiger charge is -2.38. The van der Waals surface area contributed by atoms with Crippen LogP contribution in [0.15, 0.2) is 54.6 Å². The summed E-state index contributed by atoms with van der Waals surface area (Å²) >= 11 is 0. The van der Waals surface area contributed by atoms with E-state index in [0.717, 1.165) is 24.2 Å². The maximum Gasteiger partial charge on any atom is 0.255 e. The maximum absolute atomic E-state index is 12.5. The van der Waals surface area contributed by atoms with Gasteiger partial charge in [-0.3, -0.25) is 9.59 Å². The Morgan fingerprint density at radius 1 is 1.00 bits per heavy atom. The lowest BCUT2D eigenvalue weighted by atomic mass is 9.69. The second-order valence-electron chi connectivity index (χ2n) is 7.94. The third-order valence-corrected chi connectivity index (χ3v) is 5.80. The Morgan fingerprint density at radius 2 is 1.65 bits per heavy atom. The normalized spacial score (nSPS) is 15.4. The van der Waals surface area contributed by atoms with Crippen molar-refractivity contribution in [2.75, 3.05) is 20.3 Å². The summed E-state index contributed by atoms with van der Waals surface area (Å²) in [5.41, 5.74) is 7.15. The number of carbonyl (C=O) groups is 2. The average molecular weight is 423 g/mol. The first kappa shape index (κ1) is 22.4. The minimum absolute atomic E-state index is 0.0343. The first-order chi connectivity index (χ1) is 15.0. The van der Waals surface area contributed by atoms with E-state index in [1.54, 1.807) is 31.4 Å². The quantitative estimate of drug-likeness (QED) is 0.604. The fourth-order valence-electron chi connectivity index (χ4n) is 4.06. The number of ether oxygens (including phenoxy) is 2. The Morgan fingerprint density at radius 3 is 2.26 bits per heavy atom. The summed E-state index contributed by atoms with van der Waals surface area (Å²) in [6, 6.07) is 15.3. The van der Waals surface area contributed by atoms with Gasteiger partial charge in [0.25, 0.3) is 5.91 Å². The SMILES string of the molecule is COc1ccc(C2(CNC(=O)C=Cc3ccc(OCC(N)=O)cc3)CCCCC2)cc1. The predicted molar refractivity (Wildman–Crippen MR) is 121 cm³/mol. The molecule has 0 spiro atoms. The van der Waals surface area contributed by atoms with Crippen LogP contribution in [-0.2, 0) is 15.0 Å². The molecule has 31 heavy (non-hydrogen) atoms. The lowest BCUT2D eigenvalue weighted by molar-refractivity contribution is -0.120. The van der Waals surface area contributed by atoms with Gasteiger partial charge in [0, 0.05) is 18.0 Å². The number of hydrogen-bond donors (Lipinski definition) is 2. The summed E-state index contributed by atoms with van der Waals surface area (Å²) < 4.78 is 10.5. The molecule has 3 N–H and O–H groups in total. The number of nitrogens with one attached hydrogen (secondary N) is 1. The summed E-state index contributed by atoms with van der Waals surface area (Å²) in [4.78, 5) is 23.3. The summed E-state index contributed by atoms with van der Waals surface area (Å²) in [5.74, 6) is 0.755. The van der Waals surface area contributed by atoms with E-state index in [2.05, 4.69) is 17.4 Å². The molecule has 0 bridgehead atoms. The molecule has 0 saturated heterocycles. The van der Waals surface area contributed by atoms with E-state index in [9.17, 15) is 9.59 Å². The molecule has 0 atom stereocenters. The minimum atomic E-state index is -0.522. The van der Waals surface area contributed by atoms with Crippen LogP contribution in [0.5, 0.6) is 11.5 Å². The Bertz CT molecular complexity index is 898. The second kappa shape index (κ2) is 10.7. The average Bonchev–Trinajstić information content (AvgIpc) is 2.81. The molecule has 6 nitrogen and oxygen atoms in total. The topological polar surface area (TPSA) is 90.7 Å². The second-order valence-corrected chi connectivity index (χ2v) is 7.94. The van der Waals surface area contributed by atoms with Gasteiger partial charge < -0.3 is 20.5 Å². The first-order valence-electron chi connectivity index (χ1n) is 10.6. The smallest absolute Gasteiger partial charge is 0.255 e. The van der Waals surface area contributed by atoms with E-state index in [4.69, 9.17) is 15.2 Å². The van der Waals surface area contributed by atoms with Crippen LogP contribution in [-0.4, -0.2) is 32.1 Å². The van der Waals surface area contributed by atoms with Crippen LogP contribution in [0.25, 0.3) is 6.08 Å². The van der Waals surface area contributed by atoms with Crippen LogP contribution in [0.4, 0.5) is 0 Å². The summed E-state index contributed by atoms with van der Waals surface area (Å²) in [5, 5.41) is 3.10. The zero-order valence-electron chi connectivity index (χ0n) is 17.9. The molecule has 0 radical (unpaired) electrons. The van der Waals surface area contributed by atoms with Gasteiger partial charge in [-0.25, -0.2) is 0 Å². The van der Waals surface area contributed by atoms with Crippen molar-refractivity contribution < 1.29 is 19.1 Å². The van der Waals surface area contributed by atoms with Crippen LogP contribution in [0.1, 0.15) is 43.2 Å². The molecule has 1 aliphatic carbocycles. The van der Waals surface area contributed by atoms with E-state index in [1.165, 1.54) is 24.8 Å². The van der Waals surface area contributed by atoms with Crippen molar-refractivity contribution in [3.63, 3.8) is 0 Å². The highest BCUT2D eigenvalue weighted by Gasteiger charge is 2.34. The summed E-state index contributed by atoms with van der Waals surface area (Å²) in [7, 11) is 1.67. The standard InChI is InChI=1S/C25H30N2O4/c1-30-21-12-8-20(9-13-21)25(15-3-2-4-16-25)18-27-24(29)14-7-19-5-10-22(11-6-19)31-17-23(26)28/h5-14H,2-4,15-18H2,1H3,(H2,26,28)(H,27,29). The predicted octanol–water partition coefficient (Wildman–Crippen LogP) is 3.59. The van der Waals surface area contributed by atoms with E-state index in [1.807, 2.05) is 24.3 Å². The molecular weight excluding hydrogens is 392 g/mol. The number of rotatable bonds is 9. The monoisotopic (exact) mass is 422 g/mol. The molecule has 1 fully saturated rings. The summed E-state index contributed by atoms with van der Waals surface area (Å²) in [6.07, 6.45) is 9.01. The Hall–Kier alpha value is -3.28. The number of methoxy groups -OCH3 is 1. The van der Waals surface area contributed by atoms with Gasteiger partial charge in [-0.2, -0.15) is 0 Å². The van der Waals surface area contributed by atoms with Crippen molar-refractivity contribution in [1.29, 1.82) is 0 Å². The largest absolute Gasteiger partial charge is 0.497 e. The van der Waals surface area contributed by atoms with Crippen LogP contribution in [0.3, 0.4) is 0 Å². The van der Waals surface area contributed by atoms with E-state index >= 15 is 0 Å². The molecule has 2 aromatic rings. The molecule has 0 heterocycles. The van der Waals surface area contributed by atoms with Crippen molar-refractivity contribution in [3.05, 3.63) is 65.7 Å². The Balaban J connectivity index is 1.59. The van der Waals surface area contributed by atoms with Gasteiger partial charge in [0.1, 0.15) is 11.5 Å². The van der Waals surface area contributed by atoms with E-state index in [-0.39, 0.29) is 17.9 Å². The molecule has 6 heteroatoms. The van der Waals surface area contributed by atoms with E-state index < -0.39 is 5.91 Å². The lowest BCUT2D eigenvalue weighted by Crippen LogP contribution is -2.41. The third kappa shape index (κ3) is 6.35. The van der Waals surface area contributed by atoms with Gasteiger partial charge >= 0.3 is 0 Å². The molecule has 0 aromatic heterocycles. The van der Waals surface area contributed by atoms with Crippen molar-refractivity contribution in [1.82, 2.24) is 5.32 Å². The molecule has 2 aromatic carbocycles. The third-order valence-electron chi connectivity index (χ3n) is 5.80. The Kier molecular flexibility index (Phi) is 7.70. The molecule has 0 aliphatic heterocycles. The zero-order chi connectivity index (χ0) is 22.1. The van der Waals surface area contributed by atoms with Crippen molar-refractivity contribution in [2.24, 2.45) is 5.73 Å². The maximum atomic E-state index is 12.5. The number of amides is 2. The van der Waals surface area contributed by atoms with Crippen LogP contribution >= 0.6 is 0 Å². The highest BCUT2D eigenvalue weighted by atomic mass is 16.5. The van der Waals surface area contributed by atoms with Gasteiger partial charge in [-0.15, -0.1) is 0 Å².